The number of benzene rings is 1. The van der Waals surface area contributed by atoms with Crippen LogP contribution in [0.4, 0.5) is 0 Å². The summed E-state index contributed by atoms with van der Waals surface area (Å²) in [5.41, 5.74) is 0.218. The van der Waals surface area contributed by atoms with E-state index in [0.717, 1.165) is 21.7 Å². The van der Waals surface area contributed by atoms with Crippen molar-refractivity contribution in [2.45, 2.75) is 6.54 Å². The van der Waals surface area contributed by atoms with Crippen molar-refractivity contribution < 1.29 is 4.79 Å². The molecule has 2 heterocycles. The number of nitrogens with one attached hydrogen (secondary N) is 1. The fraction of sp³-hybridized carbons (Fsp3) is 0.200. The Balaban J connectivity index is 1.98. The third-order valence-corrected chi connectivity index (χ3v) is 4.37. The molecule has 3 aromatic rings. The van der Waals surface area contributed by atoms with E-state index in [9.17, 15) is 14.4 Å². The molecule has 2 aromatic heterocycles. The second kappa shape index (κ2) is 5.81. The zero-order chi connectivity index (χ0) is 16.6. The summed E-state index contributed by atoms with van der Waals surface area (Å²) in [5.74, 6) is -0.287. The Morgan fingerprint density at radius 2 is 2.00 bits per heavy atom. The molecule has 23 heavy (non-hydrogen) atoms. The second-order valence-corrected chi connectivity index (χ2v) is 5.95. The monoisotopic (exact) mass is 330 g/mol. The van der Waals surface area contributed by atoms with Gasteiger partial charge in [-0.2, -0.15) is 4.37 Å². The van der Waals surface area contributed by atoms with Crippen LogP contribution in [0.2, 0.25) is 0 Å². The van der Waals surface area contributed by atoms with Crippen LogP contribution in [0.15, 0.2) is 39.9 Å². The van der Waals surface area contributed by atoms with Crippen LogP contribution >= 0.6 is 11.5 Å². The van der Waals surface area contributed by atoms with Crippen molar-refractivity contribution in [3.05, 3.63) is 61.6 Å². The van der Waals surface area contributed by atoms with Crippen LogP contribution in [-0.4, -0.2) is 31.8 Å². The van der Waals surface area contributed by atoms with E-state index in [1.54, 1.807) is 7.05 Å². The number of carbonyl (C=O) groups is 1. The Morgan fingerprint density at radius 3 is 2.70 bits per heavy atom. The topological polar surface area (TPSA) is 88.1 Å². The van der Waals surface area contributed by atoms with Crippen LogP contribution in [-0.2, 0) is 13.6 Å². The lowest BCUT2D eigenvalue weighted by Gasteiger charge is -2.16. The molecule has 0 radical (unpaired) electrons. The molecule has 0 bridgehead atoms. The highest BCUT2D eigenvalue weighted by molar-refractivity contribution is 7.09. The number of rotatable bonds is 3. The summed E-state index contributed by atoms with van der Waals surface area (Å²) < 4.78 is 4.96. The molecule has 0 fully saturated rings. The number of nitrogens with zero attached hydrogens (tertiary/aromatic N) is 3. The minimum Gasteiger partial charge on any atom is -0.337 e. The van der Waals surface area contributed by atoms with E-state index in [1.807, 2.05) is 30.3 Å². The van der Waals surface area contributed by atoms with Crippen LogP contribution in [0.25, 0.3) is 11.0 Å². The quantitative estimate of drug-likeness (QED) is 0.774. The van der Waals surface area contributed by atoms with Crippen LogP contribution in [0.1, 0.15) is 15.2 Å². The maximum absolute atomic E-state index is 12.6. The predicted molar refractivity (Wildman–Crippen MR) is 87.7 cm³/mol. The van der Waals surface area contributed by atoms with Gasteiger partial charge in [-0.15, -0.1) is 0 Å². The Kier molecular flexibility index (Phi) is 3.83. The van der Waals surface area contributed by atoms with Crippen molar-refractivity contribution in [2.75, 3.05) is 7.05 Å². The van der Waals surface area contributed by atoms with E-state index in [4.69, 9.17) is 0 Å². The molecule has 0 aliphatic carbocycles. The van der Waals surface area contributed by atoms with Crippen molar-refractivity contribution in [2.24, 2.45) is 7.05 Å². The zero-order valence-electron chi connectivity index (χ0n) is 12.6. The van der Waals surface area contributed by atoms with Gasteiger partial charge in [-0.3, -0.25) is 14.2 Å². The summed E-state index contributed by atoms with van der Waals surface area (Å²) in [4.78, 5) is 40.7. The van der Waals surface area contributed by atoms with Crippen LogP contribution in [0.3, 0.4) is 0 Å². The smallest absolute Gasteiger partial charge is 0.328 e. The molecule has 0 saturated heterocycles. The molecule has 1 amide bonds. The second-order valence-electron chi connectivity index (χ2n) is 5.18. The Morgan fingerprint density at radius 1 is 1.30 bits per heavy atom. The number of carbonyl (C=O) groups excluding carboxylic acids is 1. The van der Waals surface area contributed by atoms with Crippen molar-refractivity contribution in [1.29, 1.82) is 0 Å². The van der Waals surface area contributed by atoms with Gasteiger partial charge < -0.3 is 9.88 Å². The maximum Gasteiger partial charge on any atom is 0.328 e. The minimum atomic E-state index is -0.567. The average molecular weight is 330 g/mol. The SMILES string of the molecule is CN(Cc1ccccc1)C(=O)c1snc2c(=O)n(C)c(=O)[nH]c12. The molecule has 0 saturated carbocycles. The van der Waals surface area contributed by atoms with Crippen LogP contribution in [0, 0.1) is 0 Å². The lowest BCUT2D eigenvalue weighted by molar-refractivity contribution is 0.0791. The number of amides is 1. The zero-order valence-corrected chi connectivity index (χ0v) is 13.4. The molecule has 8 heteroatoms. The molecule has 1 aromatic carbocycles. The summed E-state index contributed by atoms with van der Waals surface area (Å²) in [7, 11) is 3.03. The van der Waals surface area contributed by atoms with Crippen LogP contribution in [0.5, 0.6) is 0 Å². The molecule has 0 atom stereocenters. The average Bonchev–Trinajstić information content (AvgIpc) is 2.96. The summed E-state index contributed by atoms with van der Waals surface area (Å²) in [6, 6.07) is 9.55. The molecule has 0 aliphatic rings. The summed E-state index contributed by atoms with van der Waals surface area (Å²) in [6.45, 7) is 0.425. The first-order valence-electron chi connectivity index (χ1n) is 6.87. The van der Waals surface area contributed by atoms with Crippen LogP contribution < -0.4 is 11.2 Å². The Hall–Kier alpha value is -2.74. The molecule has 1 N–H and O–H groups in total. The van der Waals surface area contributed by atoms with Gasteiger partial charge in [0.25, 0.3) is 11.5 Å². The fourth-order valence-electron chi connectivity index (χ4n) is 2.24. The van der Waals surface area contributed by atoms with Crippen molar-refractivity contribution in [1.82, 2.24) is 18.8 Å². The molecule has 0 unspecified atom stereocenters. The first kappa shape index (κ1) is 15.2. The molecule has 0 aliphatic heterocycles. The first-order valence-corrected chi connectivity index (χ1v) is 7.64. The van der Waals surface area contributed by atoms with Crippen molar-refractivity contribution >= 4 is 28.5 Å². The Labute approximate surface area is 135 Å². The van der Waals surface area contributed by atoms with Crippen molar-refractivity contribution in [3.63, 3.8) is 0 Å². The van der Waals surface area contributed by atoms with Gasteiger partial charge in [0.1, 0.15) is 4.88 Å². The van der Waals surface area contributed by atoms with Gasteiger partial charge in [0.15, 0.2) is 5.52 Å². The summed E-state index contributed by atoms with van der Waals surface area (Å²) in [6.07, 6.45) is 0. The number of aromatic nitrogens is 3. The first-order chi connectivity index (χ1) is 11.0. The molecular formula is C15H14N4O3S. The number of hydrogen-bond acceptors (Lipinski definition) is 5. The lowest BCUT2D eigenvalue weighted by Crippen LogP contribution is -2.33. The van der Waals surface area contributed by atoms with E-state index in [2.05, 4.69) is 9.36 Å². The van der Waals surface area contributed by atoms with Gasteiger partial charge in [0.2, 0.25) is 0 Å². The molecule has 7 nitrogen and oxygen atoms in total. The van der Waals surface area contributed by atoms with Gasteiger partial charge in [-0.05, 0) is 17.1 Å². The van der Waals surface area contributed by atoms with E-state index < -0.39 is 11.2 Å². The minimum absolute atomic E-state index is 0.105. The summed E-state index contributed by atoms with van der Waals surface area (Å²) >= 11 is 0.917. The normalized spacial score (nSPS) is 10.9. The lowest BCUT2D eigenvalue weighted by atomic mass is 10.2. The van der Waals surface area contributed by atoms with E-state index in [1.165, 1.54) is 11.9 Å². The number of fused-ring (bicyclic) bond motifs is 1. The highest BCUT2D eigenvalue weighted by atomic mass is 32.1. The van der Waals surface area contributed by atoms with Gasteiger partial charge in [-0.25, -0.2) is 4.79 Å². The van der Waals surface area contributed by atoms with Gasteiger partial charge in [0, 0.05) is 20.6 Å². The van der Waals surface area contributed by atoms with E-state index in [0.29, 0.717) is 6.54 Å². The maximum atomic E-state index is 12.6. The van der Waals surface area contributed by atoms with E-state index >= 15 is 0 Å². The highest BCUT2D eigenvalue weighted by Gasteiger charge is 2.21. The predicted octanol–water partition coefficient (Wildman–Crippen LogP) is 0.956. The molecular weight excluding hydrogens is 316 g/mol. The highest BCUT2D eigenvalue weighted by Crippen LogP contribution is 2.19. The number of hydrogen-bond donors (Lipinski definition) is 1. The summed E-state index contributed by atoms with van der Waals surface area (Å²) in [5, 5.41) is 0. The standard InChI is InChI=1S/C15H14N4O3S/c1-18(8-9-6-4-3-5-7-9)14(21)12-10-11(17-23-12)13(20)19(2)15(22)16-10/h3-7H,8H2,1-2H3,(H,16,22). The van der Waals surface area contributed by atoms with Crippen molar-refractivity contribution in [3.8, 4) is 0 Å². The van der Waals surface area contributed by atoms with Gasteiger partial charge in [-0.1, -0.05) is 30.3 Å². The van der Waals surface area contributed by atoms with Gasteiger partial charge in [0.05, 0.1) is 5.52 Å². The largest absolute Gasteiger partial charge is 0.337 e. The molecule has 0 spiro atoms. The Bertz CT molecular complexity index is 987. The molecule has 3 rings (SSSR count). The van der Waals surface area contributed by atoms with Gasteiger partial charge >= 0.3 is 5.69 Å². The molecule has 118 valence electrons. The third kappa shape index (κ3) is 2.68. The fourth-order valence-corrected chi connectivity index (χ4v) is 3.07. The number of H-pyrrole nitrogens is 1. The van der Waals surface area contributed by atoms with E-state index in [-0.39, 0.29) is 21.8 Å². The third-order valence-electron chi connectivity index (χ3n) is 3.54. The number of aromatic amines is 1.